The minimum absolute atomic E-state index is 0.335. The minimum Gasteiger partial charge on any atom is -0.479 e. The average Bonchev–Trinajstić information content (AvgIpc) is 3.02. The van der Waals surface area contributed by atoms with Crippen molar-refractivity contribution in [2.45, 2.75) is 30.5 Å². The van der Waals surface area contributed by atoms with E-state index in [-0.39, 0.29) is 11.8 Å². The molecule has 9 heteroatoms. The lowest BCUT2D eigenvalue weighted by Gasteiger charge is -2.19. The van der Waals surface area contributed by atoms with Gasteiger partial charge in [0.2, 0.25) is 0 Å². The van der Waals surface area contributed by atoms with E-state index in [9.17, 15) is 9.59 Å². The lowest BCUT2D eigenvalue weighted by Crippen LogP contribution is -2.39. The number of carbonyl (C=O) groups is 2. The van der Waals surface area contributed by atoms with Crippen molar-refractivity contribution in [3.8, 4) is 0 Å². The number of carboxylic acid groups (broad SMARTS) is 2. The van der Waals surface area contributed by atoms with Crippen LogP contribution in [0.25, 0.3) is 11.0 Å². The molecule has 1 saturated heterocycles. The first-order valence-corrected chi connectivity index (χ1v) is 7.71. The molecular formula is C17H19N3O6. The monoisotopic (exact) mass is 365 g/mol. The summed E-state index contributed by atoms with van der Waals surface area (Å²) in [6, 6.07) is 3.73. The first-order valence-electron chi connectivity index (χ1n) is 9.71. The van der Waals surface area contributed by atoms with Crippen LogP contribution in [0, 0.1) is 0 Å². The molecule has 2 aliphatic rings. The molecule has 1 aromatic carbocycles. The van der Waals surface area contributed by atoms with Gasteiger partial charge in [-0.05, 0) is 41.5 Å². The van der Waals surface area contributed by atoms with E-state index in [2.05, 4.69) is 15.3 Å². The number of aromatic nitrogens is 2. The summed E-state index contributed by atoms with van der Waals surface area (Å²) in [5.41, 5.74) is 3.19. The van der Waals surface area contributed by atoms with Crippen molar-refractivity contribution in [3.05, 3.63) is 35.7 Å². The second-order valence-corrected chi connectivity index (χ2v) is 5.85. The SMILES string of the molecule is O=C(O)C(O)C(O)C(=O)O.[2H]C1([2H])NC([2H])([2H])C2CC1c1cc3nccnc3cc12. The highest BCUT2D eigenvalue weighted by atomic mass is 16.4. The molecule has 2 heterocycles. The van der Waals surface area contributed by atoms with E-state index in [4.69, 9.17) is 25.9 Å². The summed E-state index contributed by atoms with van der Waals surface area (Å²) >= 11 is 0. The molecule has 2 aromatic rings. The Kier molecular flexibility index (Phi) is 3.82. The molecule has 4 unspecified atom stereocenters. The fourth-order valence-electron chi connectivity index (χ4n) is 2.90. The third-order valence-electron chi connectivity index (χ3n) is 4.19. The van der Waals surface area contributed by atoms with Gasteiger partial charge in [-0.25, -0.2) is 9.59 Å². The van der Waals surface area contributed by atoms with Gasteiger partial charge >= 0.3 is 11.9 Å². The summed E-state index contributed by atoms with van der Waals surface area (Å²) in [7, 11) is 0. The van der Waals surface area contributed by atoms with Crippen LogP contribution in [0.15, 0.2) is 24.5 Å². The van der Waals surface area contributed by atoms with Gasteiger partial charge in [0.15, 0.2) is 12.2 Å². The summed E-state index contributed by atoms with van der Waals surface area (Å²) in [5, 5.41) is 35.0. The summed E-state index contributed by atoms with van der Waals surface area (Å²) < 4.78 is 32.3. The van der Waals surface area contributed by atoms with E-state index >= 15 is 0 Å². The van der Waals surface area contributed by atoms with Crippen LogP contribution in [0.1, 0.15) is 34.9 Å². The van der Waals surface area contributed by atoms with Gasteiger partial charge < -0.3 is 25.7 Å². The summed E-state index contributed by atoms with van der Waals surface area (Å²) in [4.78, 5) is 28.1. The van der Waals surface area contributed by atoms with Gasteiger partial charge in [-0.15, -0.1) is 0 Å². The molecule has 0 radical (unpaired) electrons. The number of aliphatic hydroxyl groups excluding tert-OH is 2. The van der Waals surface area contributed by atoms with Crippen molar-refractivity contribution in [1.29, 1.82) is 0 Å². The molecule has 5 N–H and O–H groups in total. The van der Waals surface area contributed by atoms with E-state index in [1.807, 2.05) is 12.1 Å². The number of benzene rings is 1. The predicted molar refractivity (Wildman–Crippen MR) is 89.8 cm³/mol. The van der Waals surface area contributed by atoms with Crippen LogP contribution in [-0.2, 0) is 9.59 Å². The highest BCUT2D eigenvalue weighted by molar-refractivity contribution is 5.83. The van der Waals surface area contributed by atoms with Gasteiger partial charge in [-0.2, -0.15) is 0 Å². The molecule has 4 atom stereocenters. The predicted octanol–water partition coefficient (Wildman–Crippen LogP) is -0.319. The number of rotatable bonds is 3. The van der Waals surface area contributed by atoms with Gasteiger partial charge in [0, 0.05) is 30.9 Å². The Morgan fingerprint density at radius 1 is 1.00 bits per heavy atom. The van der Waals surface area contributed by atoms with E-state index in [1.54, 1.807) is 12.4 Å². The van der Waals surface area contributed by atoms with Crippen molar-refractivity contribution in [3.63, 3.8) is 0 Å². The van der Waals surface area contributed by atoms with Gasteiger partial charge in [-0.1, -0.05) is 0 Å². The summed E-state index contributed by atoms with van der Waals surface area (Å²) in [6.45, 7) is -3.50. The largest absolute Gasteiger partial charge is 0.479 e. The molecule has 1 aliphatic heterocycles. The average molecular weight is 365 g/mol. The maximum absolute atomic E-state index is 9.77. The fraction of sp³-hybridized carbons (Fsp3) is 0.412. The van der Waals surface area contributed by atoms with E-state index in [0.717, 1.165) is 22.2 Å². The normalized spacial score (nSPS) is 28.8. The van der Waals surface area contributed by atoms with Crippen LogP contribution in [-0.4, -0.2) is 67.5 Å². The zero-order valence-electron chi connectivity index (χ0n) is 17.3. The number of piperidine rings is 1. The molecule has 0 amide bonds. The maximum Gasteiger partial charge on any atom is 0.335 e. The highest BCUT2D eigenvalue weighted by Gasteiger charge is 2.34. The van der Waals surface area contributed by atoms with E-state index in [0.29, 0.717) is 6.42 Å². The van der Waals surface area contributed by atoms with Crippen LogP contribution in [0.4, 0.5) is 0 Å². The first-order chi connectivity index (χ1) is 13.8. The molecule has 0 spiro atoms. The van der Waals surface area contributed by atoms with Gasteiger partial charge in [0.05, 0.1) is 11.0 Å². The second-order valence-electron chi connectivity index (χ2n) is 5.85. The number of aliphatic hydroxyl groups is 2. The van der Waals surface area contributed by atoms with Crippen LogP contribution in [0.5, 0.6) is 0 Å². The molecular weight excluding hydrogens is 342 g/mol. The molecule has 9 nitrogen and oxygen atoms in total. The Labute approximate surface area is 154 Å². The molecule has 2 bridgehead atoms. The number of aliphatic carboxylic acids is 2. The van der Waals surface area contributed by atoms with Crippen LogP contribution < -0.4 is 5.32 Å². The quantitative estimate of drug-likeness (QED) is 0.492. The molecule has 1 aromatic heterocycles. The molecule has 0 saturated carbocycles. The topological polar surface area (TPSA) is 153 Å². The van der Waals surface area contributed by atoms with Crippen molar-refractivity contribution >= 4 is 23.0 Å². The fourth-order valence-corrected chi connectivity index (χ4v) is 2.90. The molecule has 1 aliphatic carbocycles. The van der Waals surface area contributed by atoms with Crippen LogP contribution in [0.2, 0.25) is 0 Å². The number of hydrogen-bond donors (Lipinski definition) is 5. The van der Waals surface area contributed by atoms with Crippen molar-refractivity contribution in [2.75, 3.05) is 13.0 Å². The zero-order valence-corrected chi connectivity index (χ0v) is 13.3. The molecule has 26 heavy (non-hydrogen) atoms. The van der Waals surface area contributed by atoms with Crippen molar-refractivity contribution < 1.29 is 35.5 Å². The summed E-state index contributed by atoms with van der Waals surface area (Å²) in [6.07, 6.45) is -0.821. The van der Waals surface area contributed by atoms with E-state index < -0.39 is 37.1 Å². The number of nitrogens with zero attached hydrogens (tertiary/aromatic N) is 2. The lowest BCUT2D eigenvalue weighted by atomic mass is 9.98. The van der Waals surface area contributed by atoms with Gasteiger partial charge in [0.1, 0.15) is 0 Å². The summed E-state index contributed by atoms with van der Waals surface area (Å²) in [5.74, 6) is -4.21. The molecule has 4 rings (SSSR count). The molecule has 138 valence electrons. The van der Waals surface area contributed by atoms with Crippen molar-refractivity contribution in [1.82, 2.24) is 15.3 Å². The zero-order chi connectivity index (χ0) is 22.4. The van der Waals surface area contributed by atoms with Crippen molar-refractivity contribution in [2.24, 2.45) is 0 Å². The Morgan fingerprint density at radius 3 is 1.81 bits per heavy atom. The molecule has 1 fully saturated rings. The third-order valence-corrected chi connectivity index (χ3v) is 4.19. The standard InChI is InChI=1S/C13H13N3.C4H6O6/c1-2-16-13-5-11-9-3-8(6-14-7-9)10(11)4-12(13)15-1;5-1(3(7)8)2(6)4(9)10/h1-2,4-5,8-9,14H,3,6-7H2;1-2,5-6H,(H,7,8)(H,9,10)/i6D2,7D2;. The number of hydrogen-bond acceptors (Lipinski definition) is 7. The van der Waals surface area contributed by atoms with E-state index in [1.165, 1.54) is 0 Å². The Hall–Kier alpha value is -2.62. The van der Waals surface area contributed by atoms with Crippen LogP contribution in [0.3, 0.4) is 0 Å². The smallest absolute Gasteiger partial charge is 0.335 e. The first kappa shape index (κ1) is 13.6. The maximum atomic E-state index is 9.77. The Morgan fingerprint density at radius 2 is 1.42 bits per heavy atom. The van der Waals surface area contributed by atoms with Gasteiger partial charge in [-0.3, -0.25) is 9.97 Å². The Balaban J connectivity index is 0.000000220. The lowest BCUT2D eigenvalue weighted by molar-refractivity contribution is -0.165. The highest BCUT2D eigenvalue weighted by Crippen LogP contribution is 2.44. The third kappa shape index (κ3) is 3.50. The Bertz CT molecular complexity index is 928. The number of carboxylic acids is 2. The number of fused-ring (bicyclic) bond motifs is 6. The van der Waals surface area contributed by atoms with Crippen LogP contribution >= 0.6 is 0 Å². The second kappa shape index (κ2) is 7.32. The number of nitrogens with one attached hydrogen (secondary N) is 1. The van der Waals surface area contributed by atoms with Gasteiger partial charge in [0.25, 0.3) is 0 Å². The minimum atomic E-state index is -2.27.